The van der Waals surface area contributed by atoms with E-state index in [0.717, 1.165) is 16.9 Å². The van der Waals surface area contributed by atoms with Crippen LogP contribution in [0.5, 0.6) is 5.75 Å². The van der Waals surface area contributed by atoms with E-state index in [1.54, 1.807) is 34.3 Å². The molecule has 2 aromatic carbocycles. The summed E-state index contributed by atoms with van der Waals surface area (Å²) in [7, 11) is 0. The molecule has 2 saturated heterocycles. The summed E-state index contributed by atoms with van der Waals surface area (Å²) in [6, 6.07) is 12.6. The zero-order chi connectivity index (χ0) is 38.2. The summed E-state index contributed by atoms with van der Waals surface area (Å²) in [6.07, 6.45) is 6.53. The molecular formula is C38H47Br2N9O5. The van der Waals surface area contributed by atoms with Gasteiger partial charge in [-0.2, -0.15) is 0 Å². The number of hydrogen-bond acceptors (Lipinski definition) is 8. The van der Waals surface area contributed by atoms with Gasteiger partial charge in [0.05, 0.1) is 8.95 Å². The number of unbranched alkanes of at least 4 members (excludes halogenated alkanes) is 1. The predicted molar refractivity (Wildman–Crippen MR) is 213 cm³/mol. The second-order valence-corrected chi connectivity index (χ2v) is 15.6. The van der Waals surface area contributed by atoms with Crippen molar-refractivity contribution >= 4 is 67.1 Å². The number of nitrogens with two attached hydrogens (primary N) is 1. The maximum atomic E-state index is 14.2. The Morgan fingerprint density at radius 1 is 0.907 bits per heavy atom. The van der Waals surface area contributed by atoms with Crippen LogP contribution in [0.25, 0.3) is 0 Å². The van der Waals surface area contributed by atoms with E-state index in [9.17, 15) is 24.3 Å². The Hall–Kier alpha value is -4.41. The number of aromatic hydroxyl groups is 1. The molecule has 0 bridgehead atoms. The number of nitrogens with one attached hydrogen (secondary N) is 3. The first kappa shape index (κ1) is 39.3. The van der Waals surface area contributed by atoms with Crippen molar-refractivity contribution in [3.63, 3.8) is 0 Å². The highest BCUT2D eigenvalue weighted by atomic mass is 79.9. The van der Waals surface area contributed by atoms with Gasteiger partial charge < -0.3 is 46.4 Å². The Bertz CT molecular complexity index is 1780. The molecule has 16 heteroatoms. The summed E-state index contributed by atoms with van der Waals surface area (Å²) in [4.78, 5) is 66.5. The first-order valence-corrected chi connectivity index (χ1v) is 20.0. The zero-order valence-corrected chi connectivity index (χ0v) is 33.2. The van der Waals surface area contributed by atoms with Crippen LogP contribution < -0.4 is 26.6 Å². The number of carbonyl (C=O) groups excluding carboxylic acids is 4. The number of aromatic nitrogens is 1. The SMILES string of the molecule is NCCCC[C@H](NC(=O)C(Cc1cc(Br)c(O)c(Br)c1)NC(=O)N1CCC(N2Cc3ccccc3NC2=O)CC1)C(=O)N1CCN(c2ccncc2)CC1. The van der Waals surface area contributed by atoms with E-state index in [1.165, 1.54) is 0 Å². The molecule has 1 aromatic heterocycles. The van der Waals surface area contributed by atoms with Crippen LogP contribution in [0, 0.1) is 0 Å². The Labute approximate surface area is 332 Å². The van der Waals surface area contributed by atoms with Gasteiger partial charge in [0.15, 0.2) is 0 Å². The number of likely N-dealkylation sites (tertiary alicyclic amines) is 1. The normalized spacial score (nSPS) is 17.4. The molecule has 2 fully saturated rings. The van der Waals surface area contributed by atoms with Crippen molar-refractivity contribution in [1.29, 1.82) is 0 Å². The maximum absolute atomic E-state index is 14.2. The minimum Gasteiger partial charge on any atom is -0.506 e. The number of piperidine rings is 1. The van der Waals surface area contributed by atoms with Gasteiger partial charge in [0, 0.05) is 82.0 Å². The number of rotatable bonds is 12. The Morgan fingerprint density at radius 2 is 1.59 bits per heavy atom. The second-order valence-electron chi connectivity index (χ2n) is 13.9. The highest BCUT2D eigenvalue weighted by molar-refractivity contribution is 9.11. The van der Waals surface area contributed by atoms with Crippen molar-refractivity contribution in [3.05, 3.63) is 81.0 Å². The van der Waals surface area contributed by atoms with Gasteiger partial charge in [-0.3, -0.25) is 14.6 Å². The lowest BCUT2D eigenvalue weighted by molar-refractivity contribution is -0.137. The standard InChI is InChI=1S/C38H47Br2N9O5/c39-29-21-25(22-30(40)34(29)50)23-33(45-37(53)48-15-10-28(11-16-48)49-24-26-5-1-2-6-31(26)44-38(49)54)35(51)43-32(7-3-4-12-41)36(52)47-19-17-46(18-20-47)27-8-13-42-14-9-27/h1-2,5-6,8-9,13-14,21-22,28,32-33,50H,3-4,7,10-12,15-20,23-24,41H2,(H,43,51)(H,44,54)(H,45,53)/t32-,33?/m0/s1. The van der Waals surface area contributed by atoms with Crippen LogP contribution in [0.1, 0.15) is 43.2 Å². The van der Waals surface area contributed by atoms with E-state index in [4.69, 9.17) is 5.73 Å². The lowest BCUT2D eigenvalue weighted by Crippen LogP contribution is -2.59. The van der Waals surface area contributed by atoms with Gasteiger partial charge in [0.2, 0.25) is 11.8 Å². The summed E-state index contributed by atoms with van der Waals surface area (Å²) in [6.45, 7) is 4.07. The van der Waals surface area contributed by atoms with Crippen LogP contribution in [0.15, 0.2) is 69.9 Å². The number of phenols is 1. The van der Waals surface area contributed by atoms with Crippen molar-refractivity contribution in [2.24, 2.45) is 5.73 Å². The first-order valence-electron chi connectivity index (χ1n) is 18.4. The molecule has 54 heavy (non-hydrogen) atoms. The minimum absolute atomic E-state index is 0.0205. The van der Waals surface area contributed by atoms with E-state index in [2.05, 4.69) is 57.7 Å². The average molecular weight is 870 g/mol. The van der Waals surface area contributed by atoms with Crippen LogP contribution in [0.4, 0.5) is 21.0 Å². The van der Waals surface area contributed by atoms with Crippen molar-refractivity contribution in [2.75, 3.05) is 56.0 Å². The van der Waals surface area contributed by atoms with Crippen LogP contribution in [-0.2, 0) is 22.6 Å². The molecule has 0 spiro atoms. The molecule has 14 nitrogen and oxygen atoms in total. The molecule has 0 saturated carbocycles. The third-order valence-corrected chi connectivity index (χ3v) is 11.6. The maximum Gasteiger partial charge on any atom is 0.322 e. The fraction of sp³-hybridized carbons (Fsp3) is 0.447. The van der Waals surface area contributed by atoms with Gasteiger partial charge in [0.25, 0.3) is 0 Å². The number of carbonyl (C=O) groups is 4. The van der Waals surface area contributed by atoms with Crippen molar-refractivity contribution in [3.8, 4) is 5.75 Å². The van der Waals surface area contributed by atoms with Crippen molar-refractivity contribution in [2.45, 2.75) is 63.2 Å². The largest absolute Gasteiger partial charge is 0.506 e. The lowest BCUT2D eigenvalue weighted by Gasteiger charge is -2.40. The van der Waals surface area contributed by atoms with Crippen LogP contribution in [-0.4, -0.2) is 113 Å². The van der Waals surface area contributed by atoms with Crippen LogP contribution in [0.2, 0.25) is 0 Å². The Balaban J connectivity index is 1.13. The van der Waals surface area contributed by atoms with Crippen molar-refractivity contribution in [1.82, 2.24) is 30.3 Å². The topological polar surface area (TPSA) is 176 Å². The number of hydrogen-bond donors (Lipinski definition) is 5. The van der Waals surface area contributed by atoms with E-state index in [1.807, 2.05) is 41.3 Å². The number of para-hydroxylation sites is 1. The fourth-order valence-electron chi connectivity index (χ4n) is 7.30. The smallest absolute Gasteiger partial charge is 0.322 e. The number of urea groups is 2. The highest BCUT2D eigenvalue weighted by Crippen LogP contribution is 2.34. The number of piperazine rings is 1. The molecule has 6 rings (SSSR count). The molecule has 3 aromatic rings. The van der Waals surface area contributed by atoms with Gasteiger partial charge in [0.1, 0.15) is 17.8 Å². The molecule has 288 valence electrons. The number of benzene rings is 2. The molecular weight excluding hydrogens is 822 g/mol. The second kappa shape index (κ2) is 18.3. The number of nitrogens with zero attached hydrogens (tertiary/aromatic N) is 5. The van der Waals surface area contributed by atoms with E-state index in [0.29, 0.717) is 99.0 Å². The Morgan fingerprint density at radius 3 is 2.28 bits per heavy atom. The highest BCUT2D eigenvalue weighted by Gasteiger charge is 2.35. The number of phenolic OH excluding ortho intramolecular Hbond substituents is 1. The molecule has 3 aliphatic heterocycles. The molecule has 2 atom stereocenters. The molecule has 0 aliphatic carbocycles. The average Bonchev–Trinajstić information content (AvgIpc) is 3.19. The van der Waals surface area contributed by atoms with Gasteiger partial charge >= 0.3 is 12.1 Å². The first-order chi connectivity index (χ1) is 26.1. The zero-order valence-electron chi connectivity index (χ0n) is 30.1. The molecule has 1 unspecified atom stereocenters. The van der Waals surface area contributed by atoms with Gasteiger partial charge in [-0.05, 0) is 112 Å². The van der Waals surface area contributed by atoms with E-state index < -0.39 is 24.0 Å². The summed E-state index contributed by atoms with van der Waals surface area (Å²) in [5.74, 6) is -0.628. The number of pyridine rings is 1. The van der Waals surface area contributed by atoms with Crippen molar-refractivity contribution < 1.29 is 24.3 Å². The van der Waals surface area contributed by atoms with Gasteiger partial charge in [-0.15, -0.1) is 0 Å². The quantitative estimate of drug-likeness (QED) is 0.167. The number of amides is 6. The number of anilines is 2. The molecule has 3 aliphatic rings. The third kappa shape index (κ3) is 9.63. The van der Waals surface area contributed by atoms with E-state index >= 15 is 0 Å². The summed E-state index contributed by atoms with van der Waals surface area (Å²) < 4.78 is 0.870. The third-order valence-electron chi connectivity index (χ3n) is 10.4. The molecule has 6 amide bonds. The van der Waals surface area contributed by atoms with Crippen LogP contribution >= 0.6 is 31.9 Å². The Kier molecular flexibility index (Phi) is 13.3. The fourth-order valence-corrected chi connectivity index (χ4v) is 8.58. The molecule has 4 heterocycles. The lowest BCUT2D eigenvalue weighted by atomic mass is 10.0. The molecule has 6 N–H and O–H groups in total. The number of halogens is 2. The monoisotopic (exact) mass is 867 g/mol. The minimum atomic E-state index is -1.03. The van der Waals surface area contributed by atoms with Crippen LogP contribution in [0.3, 0.4) is 0 Å². The summed E-state index contributed by atoms with van der Waals surface area (Å²) in [5, 5.41) is 19.2. The van der Waals surface area contributed by atoms with E-state index in [-0.39, 0.29) is 30.2 Å². The summed E-state index contributed by atoms with van der Waals surface area (Å²) >= 11 is 6.74. The molecule has 0 radical (unpaired) electrons. The number of fused-ring (bicyclic) bond motifs is 1. The predicted octanol–water partition coefficient (Wildman–Crippen LogP) is 4.41. The van der Waals surface area contributed by atoms with Gasteiger partial charge in [-0.25, -0.2) is 9.59 Å². The summed E-state index contributed by atoms with van der Waals surface area (Å²) in [5.41, 5.74) is 9.38. The van der Waals surface area contributed by atoms with Gasteiger partial charge in [-0.1, -0.05) is 18.2 Å².